The summed E-state index contributed by atoms with van der Waals surface area (Å²) < 4.78 is 0. The molecule has 0 saturated heterocycles. The fourth-order valence-electron chi connectivity index (χ4n) is 1.01. The lowest BCUT2D eigenvalue weighted by atomic mass is 10.0. The zero-order valence-corrected chi connectivity index (χ0v) is 9.08. The summed E-state index contributed by atoms with van der Waals surface area (Å²) >= 11 is 0. The predicted octanol–water partition coefficient (Wildman–Crippen LogP) is -0.154. The molecule has 0 aromatic rings. The Morgan fingerprint density at radius 2 is 2.00 bits per heavy atom. The van der Waals surface area contributed by atoms with Crippen molar-refractivity contribution in [1.82, 2.24) is 10.2 Å². The van der Waals surface area contributed by atoms with Crippen LogP contribution in [0.25, 0.3) is 0 Å². The summed E-state index contributed by atoms with van der Waals surface area (Å²) in [5.41, 5.74) is 0. The van der Waals surface area contributed by atoms with E-state index in [0.29, 0.717) is 0 Å². The molecule has 0 aliphatic carbocycles. The van der Waals surface area contributed by atoms with Crippen LogP contribution in [0.1, 0.15) is 13.3 Å². The highest BCUT2D eigenvalue weighted by Crippen LogP contribution is 1.94. The molecule has 5 heteroatoms. The highest BCUT2D eigenvalue weighted by Gasteiger charge is 2.07. The molecule has 80 valence electrons. The number of amides is 1. The average molecular weight is 198 g/mol. The lowest BCUT2D eigenvalue weighted by Gasteiger charge is -2.21. The topological polar surface area (TPSA) is 49.4 Å². The summed E-state index contributed by atoms with van der Waals surface area (Å²) in [5, 5.41) is 3.00. The number of hydrogen-bond acceptors (Lipinski definition) is 3. The van der Waals surface area contributed by atoms with Crippen molar-refractivity contribution < 1.29 is 9.59 Å². The Morgan fingerprint density at radius 1 is 1.43 bits per heavy atom. The number of likely N-dealkylation sites (N-methyl/N-ethyl adjacent to an activating group) is 1. The van der Waals surface area contributed by atoms with Gasteiger partial charge in [-0.25, -0.2) is 0 Å². The van der Waals surface area contributed by atoms with Crippen LogP contribution in [0, 0.1) is 0 Å². The van der Waals surface area contributed by atoms with Crippen molar-refractivity contribution in [3.8, 4) is 0 Å². The van der Waals surface area contributed by atoms with Gasteiger partial charge in [0.25, 0.3) is 0 Å². The molecule has 0 atom stereocenters. The molecule has 1 N–H and O–H groups in total. The van der Waals surface area contributed by atoms with E-state index >= 15 is 0 Å². The third kappa shape index (κ3) is 7.80. The van der Waals surface area contributed by atoms with Gasteiger partial charge in [0.2, 0.25) is 5.91 Å². The van der Waals surface area contributed by atoms with Gasteiger partial charge >= 0.3 is 0 Å². The van der Waals surface area contributed by atoms with Gasteiger partial charge in [0.15, 0.2) is 0 Å². The Morgan fingerprint density at radius 3 is 2.36 bits per heavy atom. The Balaban J connectivity index is 0. The molecule has 0 aliphatic rings. The summed E-state index contributed by atoms with van der Waals surface area (Å²) in [4.78, 5) is 21.0. The van der Waals surface area contributed by atoms with E-state index in [4.69, 9.17) is 12.6 Å². The average Bonchev–Trinajstić information content (AvgIpc) is 2.26. The molecule has 0 fully saturated rings. The third-order valence-corrected chi connectivity index (χ3v) is 1.65. The maximum atomic E-state index is 11.2. The molecule has 0 bridgehead atoms. The van der Waals surface area contributed by atoms with Gasteiger partial charge < -0.3 is 15.0 Å². The van der Waals surface area contributed by atoms with Crippen molar-refractivity contribution in [2.24, 2.45) is 0 Å². The van der Waals surface area contributed by atoms with Crippen LogP contribution in [0.4, 0.5) is 0 Å². The Labute approximate surface area is 87.4 Å². The van der Waals surface area contributed by atoms with Crippen LogP contribution < -0.4 is 5.32 Å². The lowest BCUT2D eigenvalue weighted by Crippen LogP contribution is -2.36. The van der Waals surface area contributed by atoms with Gasteiger partial charge in [0.05, 0.1) is 7.85 Å². The summed E-state index contributed by atoms with van der Waals surface area (Å²) in [5.74, 6) is 0.0344. The minimum Gasteiger partial charge on any atom is -0.342 e. The van der Waals surface area contributed by atoms with Gasteiger partial charge in [-0.15, -0.1) is 0 Å². The number of nitrogens with one attached hydrogen (secondary N) is 1. The predicted molar refractivity (Wildman–Crippen MR) is 58.5 cm³/mol. The molecule has 0 saturated carbocycles. The first-order chi connectivity index (χ1) is 6.76. The Kier molecular flexibility index (Phi) is 13.6. The van der Waals surface area contributed by atoms with Crippen LogP contribution in [0.2, 0.25) is 6.32 Å². The Hall–Kier alpha value is -0.835. The number of carbonyl (C=O) groups excluding carboxylic acids is 2. The normalized spacial score (nSPS) is 8.71. The molecule has 0 unspecified atom stereocenters. The van der Waals surface area contributed by atoms with E-state index in [1.165, 1.54) is 0 Å². The molecular weight excluding hydrogens is 179 g/mol. The molecule has 0 rings (SSSR count). The fraction of sp³-hybridized carbons (Fsp3) is 0.778. The highest BCUT2D eigenvalue weighted by molar-refractivity contribution is 6.19. The summed E-state index contributed by atoms with van der Waals surface area (Å²) in [6, 6.07) is 0. The van der Waals surface area contributed by atoms with E-state index in [1.54, 1.807) is 4.90 Å². The van der Waals surface area contributed by atoms with E-state index in [-0.39, 0.29) is 12.2 Å². The highest BCUT2D eigenvalue weighted by atomic mass is 16.2. The van der Waals surface area contributed by atoms with E-state index in [0.717, 1.165) is 26.1 Å². The van der Waals surface area contributed by atoms with Crippen LogP contribution in [0.3, 0.4) is 0 Å². The summed E-state index contributed by atoms with van der Waals surface area (Å²) in [6.07, 6.45) is 1.10. The third-order valence-electron chi connectivity index (χ3n) is 1.65. The number of hydrogen-bond donors (Lipinski definition) is 1. The fourth-order valence-corrected chi connectivity index (χ4v) is 1.01. The smallest absolute Gasteiger partial charge is 0.213 e. The zero-order chi connectivity index (χ0) is 11.4. The number of nitrogens with zero attached hydrogens (tertiary/aromatic N) is 1. The first-order valence-corrected chi connectivity index (χ1v) is 4.67. The second-order valence-corrected chi connectivity index (χ2v) is 2.69. The molecule has 2 radical (unpaired) electrons. The quantitative estimate of drug-likeness (QED) is 0.603. The van der Waals surface area contributed by atoms with Crippen molar-refractivity contribution in [2.75, 3.05) is 26.7 Å². The lowest BCUT2D eigenvalue weighted by molar-refractivity contribution is -0.128. The van der Waals surface area contributed by atoms with Crippen molar-refractivity contribution in [3.63, 3.8) is 0 Å². The SMILES string of the molecule is C=O.[B]CC(=O)N(CCC)CCNC. The molecular formula is C9H19BN2O2. The maximum Gasteiger partial charge on any atom is 0.213 e. The second kappa shape index (κ2) is 12.2. The summed E-state index contributed by atoms with van der Waals surface area (Å²) in [7, 11) is 7.14. The number of carbonyl (C=O) groups is 2. The minimum absolute atomic E-state index is 0.0344. The van der Waals surface area contributed by atoms with Gasteiger partial charge in [-0.3, -0.25) is 4.79 Å². The number of rotatable bonds is 6. The van der Waals surface area contributed by atoms with Gasteiger partial charge in [-0.05, 0) is 19.8 Å². The van der Waals surface area contributed by atoms with Gasteiger partial charge in [0, 0.05) is 19.6 Å². The van der Waals surface area contributed by atoms with Crippen LogP contribution in [-0.2, 0) is 9.59 Å². The van der Waals surface area contributed by atoms with E-state index in [9.17, 15) is 4.79 Å². The first kappa shape index (κ1) is 15.6. The van der Waals surface area contributed by atoms with Crippen molar-refractivity contribution >= 4 is 20.5 Å². The van der Waals surface area contributed by atoms with Crippen LogP contribution in [0.15, 0.2) is 0 Å². The van der Waals surface area contributed by atoms with Crippen molar-refractivity contribution in [1.29, 1.82) is 0 Å². The molecule has 0 aliphatic heterocycles. The van der Waals surface area contributed by atoms with Crippen LogP contribution >= 0.6 is 0 Å². The Bertz CT molecular complexity index is 145. The molecule has 14 heavy (non-hydrogen) atoms. The molecule has 1 amide bonds. The van der Waals surface area contributed by atoms with E-state index < -0.39 is 0 Å². The van der Waals surface area contributed by atoms with Gasteiger partial charge in [-0.2, -0.15) is 0 Å². The maximum absolute atomic E-state index is 11.2. The minimum atomic E-state index is 0.0344. The van der Waals surface area contributed by atoms with E-state index in [1.807, 2.05) is 13.8 Å². The first-order valence-electron chi connectivity index (χ1n) is 4.67. The molecule has 0 spiro atoms. The van der Waals surface area contributed by atoms with E-state index in [2.05, 4.69) is 12.2 Å². The van der Waals surface area contributed by atoms with Crippen LogP contribution in [0.5, 0.6) is 0 Å². The standard InChI is InChI=1S/C8H17BN2O.CH2O/c1-3-5-11(6-4-10-2)8(12)7-9;1-2/h10H,3-7H2,1-2H3;1H2. The summed E-state index contributed by atoms with van der Waals surface area (Å²) in [6.45, 7) is 6.43. The largest absolute Gasteiger partial charge is 0.342 e. The van der Waals surface area contributed by atoms with Gasteiger partial charge in [0.1, 0.15) is 6.79 Å². The monoisotopic (exact) mass is 198 g/mol. The zero-order valence-electron chi connectivity index (χ0n) is 9.08. The van der Waals surface area contributed by atoms with Crippen LogP contribution in [-0.4, -0.2) is 52.1 Å². The van der Waals surface area contributed by atoms with Gasteiger partial charge in [-0.1, -0.05) is 6.92 Å². The molecule has 0 heterocycles. The van der Waals surface area contributed by atoms with Crippen molar-refractivity contribution in [2.45, 2.75) is 19.7 Å². The van der Waals surface area contributed by atoms with Crippen molar-refractivity contribution in [3.05, 3.63) is 0 Å². The molecule has 4 nitrogen and oxygen atoms in total. The molecule has 0 aromatic carbocycles. The second-order valence-electron chi connectivity index (χ2n) is 2.69. The molecule has 0 aromatic heterocycles.